The molecule has 74 valence electrons. The smallest absolute Gasteiger partial charge is 0.323 e. The third-order valence-corrected chi connectivity index (χ3v) is 1.84. The molecule has 0 aliphatic carbocycles. The number of hydrogen-bond acceptors (Lipinski definition) is 3. The molecule has 0 saturated carbocycles. The Hall–Kier alpha value is -1.30. The van der Waals surface area contributed by atoms with Crippen LogP contribution in [0.15, 0.2) is 0 Å². The van der Waals surface area contributed by atoms with Gasteiger partial charge in [0.25, 0.3) is 0 Å². The predicted molar refractivity (Wildman–Crippen MR) is 43.2 cm³/mol. The van der Waals surface area contributed by atoms with Crippen molar-refractivity contribution in [1.82, 2.24) is 10.2 Å². The minimum atomic E-state index is -1.08. The Morgan fingerprint density at radius 1 is 1.54 bits per heavy atom. The summed E-state index contributed by atoms with van der Waals surface area (Å²) < 4.78 is 0. The van der Waals surface area contributed by atoms with Crippen molar-refractivity contribution >= 4 is 12.0 Å². The van der Waals surface area contributed by atoms with Gasteiger partial charge in [0.2, 0.25) is 0 Å². The SMILES string of the molecule is O=C(O)CNC(=O)N1CCC(O)C1. The molecule has 1 saturated heterocycles. The molecule has 0 bridgehead atoms. The van der Waals surface area contributed by atoms with Crippen LogP contribution in [-0.2, 0) is 4.79 Å². The number of carboxylic acids is 1. The van der Waals surface area contributed by atoms with Crippen LogP contribution >= 0.6 is 0 Å². The minimum Gasteiger partial charge on any atom is -0.480 e. The quantitative estimate of drug-likeness (QED) is 0.510. The number of aliphatic carboxylic acids is 1. The molecule has 3 N–H and O–H groups in total. The third-order valence-electron chi connectivity index (χ3n) is 1.84. The molecule has 1 unspecified atom stereocenters. The summed E-state index contributed by atoms with van der Waals surface area (Å²) in [6, 6.07) is -0.432. The van der Waals surface area contributed by atoms with Crippen LogP contribution in [0.25, 0.3) is 0 Å². The average Bonchev–Trinajstić information content (AvgIpc) is 2.47. The summed E-state index contributed by atoms with van der Waals surface area (Å²) in [7, 11) is 0. The van der Waals surface area contributed by atoms with Crippen molar-refractivity contribution in [3.8, 4) is 0 Å². The number of likely N-dealkylation sites (tertiary alicyclic amines) is 1. The molecule has 0 aromatic rings. The van der Waals surface area contributed by atoms with Crippen LogP contribution in [0.4, 0.5) is 4.79 Å². The van der Waals surface area contributed by atoms with Crippen molar-refractivity contribution in [2.45, 2.75) is 12.5 Å². The van der Waals surface area contributed by atoms with Gasteiger partial charge in [-0.15, -0.1) is 0 Å². The van der Waals surface area contributed by atoms with Crippen LogP contribution in [0, 0.1) is 0 Å². The average molecular weight is 188 g/mol. The van der Waals surface area contributed by atoms with Gasteiger partial charge in [-0.05, 0) is 6.42 Å². The highest BCUT2D eigenvalue weighted by Gasteiger charge is 2.24. The number of aliphatic hydroxyl groups excluding tert-OH is 1. The number of aliphatic hydroxyl groups is 1. The molecule has 6 heteroatoms. The third kappa shape index (κ3) is 2.90. The Balaban J connectivity index is 2.27. The zero-order valence-corrected chi connectivity index (χ0v) is 7.06. The largest absolute Gasteiger partial charge is 0.480 e. The van der Waals surface area contributed by atoms with Gasteiger partial charge in [-0.3, -0.25) is 4.79 Å². The number of β-amino-alcohol motifs (C(OH)–C–C–N with tert-alkyl or cyclic N) is 1. The van der Waals surface area contributed by atoms with Gasteiger partial charge in [-0.2, -0.15) is 0 Å². The van der Waals surface area contributed by atoms with E-state index in [1.54, 1.807) is 0 Å². The number of rotatable bonds is 2. The summed E-state index contributed by atoms with van der Waals surface area (Å²) in [5.74, 6) is -1.08. The van der Waals surface area contributed by atoms with Crippen molar-refractivity contribution in [2.75, 3.05) is 19.6 Å². The summed E-state index contributed by atoms with van der Waals surface area (Å²) in [5, 5.41) is 19.6. The first-order valence-electron chi connectivity index (χ1n) is 4.02. The zero-order valence-electron chi connectivity index (χ0n) is 7.06. The second-order valence-electron chi connectivity index (χ2n) is 2.94. The molecule has 1 aliphatic heterocycles. The van der Waals surface area contributed by atoms with Crippen molar-refractivity contribution in [3.63, 3.8) is 0 Å². The van der Waals surface area contributed by atoms with Crippen molar-refractivity contribution in [2.24, 2.45) is 0 Å². The molecule has 13 heavy (non-hydrogen) atoms. The highest BCUT2D eigenvalue weighted by molar-refractivity contribution is 5.80. The first-order valence-corrected chi connectivity index (χ1v) is 4.02. The zero-order chi connectivity index (χ0) is 9.84. The van der Waals surface area contributed by atoms with Crippen LogP contribution in [0.5, 0.6) is 0 Å². The minimum absolute atomic E-state index is 0.283. The van der Waals surface area contributed by atoms with Gasteiger partial charge in [0, 0.05) is 13.1 Å². The number of carbonyl (C=O) groups excluding carboxylic acids is 1. The van der Waals surface area contributed by atoms with E-state index in [1.807, 2.05) is 0 Å². The van der Waals surface area contributed by atoms with Crippen LogP contribution in [0.1, 0.15) is 6.42 Å². The molecule has 2 amide bonds. The maximum atomic E-state index is 11.1. The van der Waals surface area contributed by atoms with E-state index < -0.39 is 18.1 Å². The molecule has 6 nitrogen and oxygen atoms in total. The van der Waals surface area contributed by atoms with E-state index in [-0.39, 0.29) is 13.1 Å². The topological polar surface area (TPSA) is 89.9 Å². The molecule has 1 aliphatic rings. The summed E-state index contributed by atoms with van der Waals surface area (Å²) in [4.78, 5) is 22.6. The maximum Gasteiger partial charge on any atom is 0.323 e. The first-order chi connectivity index (χ1) is 6.09. The Labute approximate surface area is 75.1 Å². The second kappa shape index (κ2) is 4.08. The standard InChI is InChI=1S/C7H12N2O4/c10-5-1-2-9(4-5)7(13)8-3-6(11)12/h5,10H,1-4H2,(H,8,13)(H,11,12). The van der Waals surface area contributed by atoms with E-state index in [0.29, 0.717) is 13.0 Å². The lowest BCUT2D eigenvalue weighted by Crippen LogP contribution is -2.41. The lowest BCUT2D eigenvalue weighted by molar-refractivity contribution is -0.135. The van der Waals surface area contributed by atoms with Gasteiger partial charge in [0.15, 0.2) is 0 Å². The van der Waals surface area contributed by atoms with E-state index in [1.165, 1.54) is 4.90 Å². The van der Waals surface area contributed by atoms with Crippen LogP contribution in [-0.4, -0.2) is 52.9 Å². The van der Waals surface area contributed by atoms with Gasteiger partial charge in [-0.25, -0.2) is 4.79 Å². The van der Waals surface area contributed by atoms with Crippen molar-refractivity contribution < 1.29 is 19.8 Å². The number of nitrogens with one attached hydrogen (secondary N) is 1. The normalized spacial score (nSPS) is 21.6. The Bertz CT molecular complexity index is 219. The van der Waals surface area contributed by atoms with Crippen LogP contribution < -0.4 is 5.32 Å². The van der Waals surface area contributed by atoms with Gasteiger partial charge < -0.3 is 20.4 Å². The number of carbonyl (C=O) groups is 2. The predicted octanol–water partition coefficient (Wildman–Crippen LogP) is -1.15. The second-order valence-corrected chi connectivity index (χ2v) is 2.94. The highest BCUT2D eigenvalue weighted by Crippen LogP contribution is 2.07. The lowest BCUT2D eigenvalue weighted by atomic mass is 10.3. The van der Waals surface area contributed by atoms with Gasteiger partial charge in [-0.1, -0.05) is 0 Å². The van der Waals surface area contributed by atoms with Crippen LogP contribution in [0.2, 0.25) is 0 Å². The van der Waals surface area contributed by atoms with E-state index in [4.69, 9.17) is 10.2 Å². The Morgan fingerprint density at radius 3 is 2.69 bits per heavy atom. The molecular weight excluding hydrogens is 176 g/mol. The molecular formula is C7H12N2O4. The number of carboxylic acid groups (broad SMARTS) is 1. The number of nitrogens with zero attached hydrogens (tertiary/aromatic N) is 1. The van der Waals surface area contributed by atoms with E-state index in [0.717, 1.165) is 0 Å². The number of urea groups is 1. The summed E-state index contributed by atoms with van der Waals surface area (Å²) in [6.07, 6.45) is 0.0797. The summed E-state index contributed by atoms with van der Waals surface area (Å²) in [5.41, 5.74) is 0. The molecule has 1 heterocycles. The van der Waals surface area contributed by atoms with Gasteiger partial charge >= 0.3 is 12.0 Å². The molecule has 0 aromatic heterocycles. The fourth-order valence-corrected chi connectivity index (χ4v) is 1.19. The van der Waals surface area contributed by atoms with Crippen molar-refractivity contribution in [3.05, 3.63) is 0 Å². The van der Waals surface area contributed by atoms with E-state index >= 15 is 0 Å². The number of hydrogen-bond donors (Lipinski definition) is 3. The van der Waals surface area contributed by atoms with E-state index in [9.17, 15) is 9.59 Å². The van der Waals surface area contributed by atoms with Crippen molar-refractivity contribution in [1.29, 1.82) is 0 Å². The Kier molecular flexibility index (Phi) is 3.07. The molecule has 0 radical (unpaired) electrons. The lowest BCUT2D eigenvalue weighted by Gasteiger charge is -2.15. The van der Waals surface area contributed by atoms with Gasteiger partial charge in [0.05, 0.1) is 6.10 Å². The fourth-order valence-electron chi connectivity index (χ4n) is 1.19. The molecule has 1 fully saturated rings. The van der Waals surface area contributed by atoms with E-state index in [2.05, 4.69) is 5.32 Å². The van der Waals surface area contributed by atoms with Gasteiger partial charge in [0.1, 0.15) is 6.54 Å². The molecule has 1 rings (SSSR count). The highest BCUT2D eigenvalue weighted by atomic mass is 16.4. The fraction of sp³-hybridized carbons (Fsp3) is 0.714. The monoisotopic (exact) mass is 188 g/mol. The maximum absolute atomic E-state index is 11.1. The number of amides is 2. The molecule has 0 spiro atoms. The molecule has 0 aromatic carbocycles. The Morgan fingerprint density at radius 2 is 2.23 bits per heavy atom. The first kappa shape index (κ1) is 9.79. The molecule has 1 atom stereocenters. The summed E-state index contributed by atoms with van der Waals surface area (Å²) >= 11 is 0. The van der Waals surface area contributed by atoms with Crippen LogP contribution in [0.3, 0.4) is 0 Å². The summed E-state index contributed by atoms with van der Waals surface area (Å²) in [6.45, 7) is 0.378.